The summed E-state index contributed by atoms with van der Waals surface area (Å²) in [7, 11) is 0. The van der Waals surface area contributed by atoms with Crippen LogP contribution in [0.2, 0.25) is 0 Å². The fourth-order valence-electron chi connectivity index (χ4n) is 6.52. The van der Waals surface area contributed by atoms with Crippen molar-refractivity contribution in [3.05, 3.63) is 29.3 Å². The number of ether oxygens (including phenoxy) is 1. The van der Waals surface area contributed by atoms with Crippen molar-refractivity contribution in [1.29, 1.82) is 0 Å². The molecule has 39 heavy (non-hydrogen) atoms. The molecule has 208 valence electrons. The Labute approximate surface area is 224 Å². The molecule has 14 nitrogen and oxygen atoms in total. The molecule has 1 aromatic carbocycles. The molecule has 2 unspecified atom stereocenters. The van der Waals surface area contributed by atoms with Gasteiger partial charge in [-0.1, -0.05) is 26.0 Å². The fourth-order valence-corrected chi connectivity index (χ4v) is 6.52. The van der Waals surface area contributed by atoms with Crippen LogP contribution in [0.1, 0.15) is 49.0 Å². The fraction of sp³-hybridized carbons (Fsp3) is 0.560. The summed E-state index contributed by atoms with van der Waals surface area (Å²) in [5.74, 6) is -3.37. The molecular weight excluding hydrogens is 508 g/mol. The number of rotatable bonds is 4. The number of likely N-dealkylation sites (tertiary alicyclic amines) is 1. The summed E-state index contributed by atoms with van der Waals surface area (Å²) in [4.78, 5) is 48.1. The van der Waals surface area contributed by atoms with Crippen molar-refractivity contribution in [3.63, 3.8) is 0 Å². The molecule has 14 heteroatoms. The van der Waals surface area contributed by atoms with Crippen LogP contribution in [0.25, 0.3) is 0 Å². The highest BCUT2D eigenvalue weighted by atomic mass is 16.5. The number of carbonyl (C=O) groups excluding carboxylic acids is 3. The van der Waals surface area contributed by atoms with Gasteiger partial charge in [0.2, 0.25) is 17.6 Å². The second-order valence-electron chi connectivity index (χ2n) is 11.4. The van der Waals surface area contributed by atoms with Crippen LogP contribution in [0.4, 0.5) is 0 Å². The SMILES string of the molecule is CC1(C)CCOc2c(C(=O)NC3CN4C(N)=N[C@@H](CN5C(=O)CCC5=O)[C@@H]5[NH+]=C(N)NC54C3(O)O)cccc21. The van der Waals surface area contributed by atoms with Crippen LogP contribution in [0.3, 0.4) is 0 Å². The van der Waals surface area contributed by atoms with Gasteiger partial charge < -0.3 is 26.0 Å². The molecule has 1 spiro atoms. The Balaban J connectivity index is 1.32. The third-order valence-electron chi connectivity index (χ3n) is 8.68. The molecule has 4 atom stereocenters. The second kappa shape index (κ2) is 8.29. The highest BCUT2D eigenvalue weighted by Crippen LogP contribution is 2.43. The van der Waals surface area contributed by atoms with E-state index in [2.05, 4.69) is 34.5 Å². The van der Waals surface area contributed by atoms with E-state index in [1.807, 2.05) is 6.07 Å². The van der Waals surface area contributed by atoms with Crippen molar-refractivity contribution in [3.8, 4) is 5.75 Å². The number of nitrogens with two attached hydrogens (primary N) is 2. The average molecular weight is 542 g/mol. The van der Waals surface area contributed by atoms with Crippen LogP contribution in [-0.4, -0.2) is 98.9 Å². The number of hydrogen-bond acceptors (Lipinski definition) is 11. The van der Waals surface area contributed by atoms with E-state index in [9.17, 15) is 24.6 Å². The van der Waals surface area contributed by atoms with Crippen molar-refractivity contribution >= 4 is 29.6 Å². The maximum atomic E-state index is 13.5. The average Bonchev–Trinajstić information content (AvgIpc) is 3.46. The number of nitrogens with one attached hydrogen (secondary N) is 3. The van der Waals surface area contributed by atoms with E-state index in [1.54, 1.807) is 12.1 Å². The molecule has 1 aromatic rings. The van der Waals surface area contributed by atoms with Crippen molar-refractivity contribution in [2.45, 2.75) is 68.1 Å². The number of fused-ring (bicyclic) bond motifs is 1. The molecule has 5 heterocycles. The number of aliphatic hydroxyl groups is 2. The first kappa shape index (κ1) is 25.4. The summed E-state index contributed by atoms with van der Waals surface area (Å²) in [6.45, 7) is 4.40. The zero-order chi connectivity index (χ0) is 27.9. The first-order valence-electron chi connectivity index (χ1n) is 13.0. The van der Waals surface area contributed by atoms with Gasteiger partial charge in [-0.25, -0.2) is 10.3 Å². The maximum absolute atomic E-state index is 13.5. The van der Waals surface area contributed by atoms with Crippen LogP contribution in [0, 0.1) is 0 Å². The topological polar surface area (TPSA) is 210 Å². The molecule has 3 amide bonds. The Hall–Kier alpha value is -3.91. The number of benzene rings is 1. The van der Waals surface area contributed by atoms with Crippen molar-refractivity contribution in [2.75, 3.05) is 19.7 Å². The van der Waals surface area contributed by atoms with Crippen molar-refractivity contribution in [2.24, 2.45) is 16.5 Å². The highest BCUT2D eigenvalue weighted by molar-refractivity contribution is 6.02. The van der Waals surface area contributed by atoms with Gasteiger partial charge in [0, 0.05) is 18.4 Å². The van der Waals surface area contributed by atoms with Crippen LogP contribution in [0.5, 0.6) is 5.75 Å². The molecular formula is C25H33N8O6+. The predicted octanol–water partition coefficient (Wildman–Crippen LogP) is -4.25. The van der Waals surface area contributed by atoms with E-state index in [-0.39, 0.29) is 60.6 Å². The summed E-state index contributed by atoms with van der Waals surface area (Å²) < 4.78 is 5.88. The molecule has 0 aliphatic carbocycles. The minimum absolute atomic E-state index is 0.0335. The molecule has 2 saturated heterocycles. The lowest BCUT2D eigenvalue weighted by Crippen LogP contribution is -2.90. The normalized spacial score (nSPS) is 31.9. The van der Waals surface area contributed by atoms with Gasteiger partial charge in [-0.2, -0.15) is 0 Å². The van der Waals surface area contributed by atoms with Gasteiger partial charge in [-0.15, -0.1) is 0 Å². The van der Waals surface area contributed by atoms with Gasteiger partial charge in [-0.05, 0) is 17.9 Å². The van der Waals surface area contributed by atoms with Crippen LogP contribution < -0.4 is 31.8 Å². The third kappa shape index (κ3) is 3.50. The summed E-state index contributed by atoms with van der Waals surface area (Å²) in [5.41, 5.74) is 11.6. The molecule has 0 bridgehead atoms. The lowest BCUT2D eigenvalue weighted by molar-refractivity contribution is -0.521. The van der Waals surface area contributed by atoms with Crippen LogP contribution in [-0.2, 0) is 15.0 Å². The molecule has 0 saturated carbocycles. The number of carbonyl (C=O) groups is 3. The maximum Gasteiger partial charge on any atom is 0.343 e. The van der Waals surface area contributed by atoms with E-state index >= 15 is 0 Å². The van der Waals surface area contributed by atoms with Gasteiger partial charge in [0.05, 0.1) is 25.3 Å². The van der Waals surface area contributed by atoms with Crippen LogP contribution >= 0.6 is 0 Å². The minimum Gasteiger partial charge on any atom is -0.492 e. The Morgan fingerprint density at radius 1 is 1.26 bits per heavy atom. The largest absolute Gasteiger partial charge is 0.492 e. The molecule has 0 aromatic heterocycles. The van der Waals surface area contributed by atoms with Gasteiger partial charge in [0.15, 0.2) is 12.0 Å². The van der Waals surface area contributed by atoms with Crippen molar-refractivity contribution in [1.82, 2.24) is 20.4 Å². The molecule has 9 N–H and O–H groups in total. The van der Waals surface area contributed by atoms with E-state index in [0.717, 1.165) is 16.9 Å². The highest BCUT2D eigenvalue weighted by Gasteiger charge is 2.76. The number of amides is 3. The van der Waals surface area contributed by atoms with Gasteiger partial charge in [0.1, 0.15) is 17.8 Å². The van der Waals surface area contributed by atoms with Gasteiger partial charge >= 0.3 is 5.96 Å². The number of aliphatic imine (C=N–C) groups is 1. The molecule has 5 aliphatic rings. The lowest BCUT2D eigenvalue weighted by Gasteiger charge is -2.46. The summed E-state index contributed by atoms with van der Waals surface area (Å²) in [6, 6.07) is 2.35. The Bertz CT molecular complexity index is 1330. The standard InChI is InChI=1S/C25H32N8O6/c1-23(2)8-9-39-18-12(4-3-5-13(18)23)20(36)29-15-11-33-22(27)28-14(10-32-16(34)6-7-17(32)35)19-24(33,25(15,37)38)31-21(26)30-19/h3-5,14-15,19,37-38H,6-11H2,1-2H3,(H2,27,28)(H,29,36)(H3,26,30,31)/p+1/t14-,15?,19-,24?/m0/s1. The van der Waals surface area contributed by atoms with E-state index in [4.69, 9.17) is 16.2 Å². The second-order valence-corrected chi connectivity index (χ2v) is 11.4. The third-order valence-corrected chi connectivity index (χ3v) is 8.68. The number of para-hydroxylation sites is 1. The number of hydrogen-bond donors (Lipinski definition) is 7. The van der Waals surface area contributed by atoms with Crippen LogP contribution in [0.15, 0.2) is 23.2 Å². The number of guanidine groups is 2. The van der Waals surface area contributed by atoms with E-state index in [1.165, 1.54) is 4.90 Å². The Morgan fingerprint density at radius 2 is 1.97 bits per heavy atom. The molecule has 0 radical (unpaired) electrons. The first-order valence-corrected chi connectivity index (χ1v) is 13.0. The zero-order valence-corrected chi connectivity index (χ0v) is 21.7. The first-order chi connectivity index (χ1) is 18.4. The van der Waals surface area contributed by atoms with E-state index in [0.29, 0.717) is 12.4 Å². The van der Waals surface area contributed by atoms with Crippen molar-refractivity contribution < 1.29 is 34.3 Å². The summed E-state index contributed by atoms with van der Waals surface area (Å²) in [5, 5.41) is 29.0. The Kier molecular flexibility index (Phi) is 5.40. The molecule has 2 fully saturated rings. The summed E-state index contributed by atoms with van der Waals surface area (Å²) >= 11 is 0. The quantitative estimate of drug-likeness (QED) is 0.144. The van der Waals surface area contributed by atoms with E-state index < -0.39 is 35.5 Å². The summed E-state index contributed by atoms with van der Waals surface area (Å²) in [6.07, 6.45) is 1.01. The molecule has 5 aliphatic heterocycles. The predicted molar refractivity (Wildman–Crippen MR) is 136 cm³/mol. The molecule has 6 rings (SSSR count). The Morgan fingerprint density at radius 3 is 2.69 bits per heavy atom. The minimum atomic E-state index is -2.62. The number of imide groups is 1. The monoisotopic (exact) mass is 541 g/mol. The smallest absolute Gasteiger partial charge is 0.343 e. The number of nitrogens with zero attached hydrogens (tertiary/aromatic N) is 3. The van der Waals surface area contributed by atoms with Gasteiger partial charge in [0.25, 0.3) is 11.6 Å². The van der Waals surface area contributed by atoms with Gasteiger partial charge in [-0.3, -0.25) is 34.9 Å². The lowest BCUT2D eigenvalue weighted by atomic mass is 9.79. The zero-order valence-electron chi connectivity index (χ0n) is 21.7.